The molecule has 3 rings (SSSR count). The minimum atomic E-state index is -0.443. The van der Waals surface area contributed by atoms with Crippen LogP contribution in [0.25, 0.3) is 17.0 Å². The minimum Gasteiger partial charge on any atom is -0.497 e. The topological polar surface area (TPSA) is 52.3 Å². The number of hydrogen-bond donors (Lipinski definition) is 0. The summed E-state index contributed by atoms with van der Waals surface area (Å²) in [5.41, 5.74) is 0.699. The summed E-state index contributed by atoms with van der Waals surface area (Å²) in [6.45, 7) is 0. The first-order valence-electron chi connectivity index (χ1n) is 5.40. The molecule has 0 aliphatic carbocycles. The van der Waals surface area contributed by atoms with E-state index in [1.54, 1.807) is 22.7 Å². The molecule has 5 nitrogen and oxygen atoms in total. The molecule has 3 aromatic rings. The smallest absolute Gasteiger partial charge is 0.198 e. The Kier molecular flexibility index (Phi) is 2.79. The molecule has 0 aliphatic heterocycles. The fraction of sp³-hybridized carbons (Fsp3) is 0.0833. The third-order valence-electron chi connectivity index (χ3n) is 2.70. The molecule has 19 heavy (non-hydrogen) atoms. The Morgan fingerprint density at radius 1 is 1.32 bits per heavy atom. The van der Waals surface area contributed by atoms with Gasteiger partial charge in [0, 0.05) is 18.5 Å². The Morgan fingerprint density at radius 3 is 2.89 bits per heavy atom. The van der Waals surface area contributed by atoms with E-state index < -0.39 is 5.82 Å². The molecule has 96 valence electrons. The van der Waals surface area contributed by atoms with Gasteiger partial charge in [-0.3, -0.25) is 4.40 Å². The van der Waals surface area contributed by atoms with Gasteiger partial charge in [-0.1, -0.05) is 11.6 Å². The van der Waals surface area contributed by atoms with Crippen molar-refractivity contribution in [3.8, 4) is 17.1 Å². The van der Waals surface area contributed by atoms with Crippen LogP contribution in [0.5, 0.6) is 5.75 Å². The number of nitrogens with zero attached hydrogens (tertiary/aromatic N) is 4. The van der Waals surface area contributed by atoms with Gasteiger partial charge in [-0.2, -0.15) is 0 Å². The van der Waals surface area contributed by atoms with Crippen LogP contribution < -0.4 is 4.74 Å². The average molecular weight is 279 g/mol. The van der Waals surface area contributed by atoms with Crippen molar-refractivity contribution in [1.29, 1.82) is 0 Å². The number of benzene rings is 1. The van der Waals surface area contributed by atoms with Crippen LogP contribution in [0.1, 0.15) is 0 Å². The Labute approximate surface area is 112 Å². The summed E-state index contributed by atoms with van der Waals surface area (Å²) >= 11 is 5.90. The van der Waals surface area contributed by atoms with Crippen molar-refractivity contribution in [1.82, 2.24) is 19.6 Å². The van der Waals surface area contributed by atoms with Crippen LogP contribution in [0.3, 0.4) is 0 Å². The summed E-state index contributed by atoms with van der Waals surface area (Å²) in [5, 5.41) is 8.07. The van der Waals surface area contributed by atoms with Crippen molar-refractivity contribution >= 4 is 17.2 Å². The second-order valence-electron chi connectivity index (χ2n) is 3.78. The molecule has 0 bridgehead atoms. The molecule has 0 unspecified atom stereocenters. The Balaban J connectivity index is 2.22. The van der Waals surface area contributed by atoms with Crippen LogP contribution in [0.2, 0.25) is 5.15 Å². The lowest BCUT2D eigenvalue weighted by Gasteiger charge is -2.04. The zero-order valence-electron chi connectivity index (χ0n) is 9.84. The highest BCUT2D eigenvalue weighted by Crippen LogP contribution is 2.26. The normalized spacial score (nSPS) is 10.9. The predicted molar refractivity (Wildman–Crippen MR) is 67.7 cm³/mol. The highest BCUT2D eigenvalue weighted by molar-refractivity contribution is 6.32. The zero-order chi connectivity index (χ0) is 13.4. The molecule has 2 heterocycles. The molecule has 0 aliphatic rings. The van der Waals surface area contributed by atoms with Gasteiger partial charge in [-0.25, -0.2) is 9.37 Å². The number of fused-ring (bicyclic) bond motifs is 1. The number of methoxy groups -OCH3 is 1. The van der Waals surface area contributed by atoms with Crippen molar-refractivity contribution in [2.24, 2.45) is 0 Å². The van der Waals surface area contributed by atoms with Crippen molar-refractivity contribution < 1.29 is 9.13 Å². The molecule has 2 aromatic heterocycles. The van der Waals surface area contributed by atoms with Gasteiger partial charge in [-0.05, 0) is 12.1 Å². The molecule has 0 spiro atoms. The van der Waals surface area contributed by atoms with E-state index in [4.69, 9.17) is 16.3 Å². The maximum Gasteiger partial charge on any atom is 0.198 e. The standard InChI is InChI=1S/C12H8ClFN4O/c1-19-7-2-3-8(9(14)6-7)11-16-17-12-10(13)15-4-5-18(11)12/h2-6H,1H3. The van der Waals surface area contributed by atoms with Crippen LogP contribution in [0.4, 0.5) is 4.39 Å². The van der Waals surface area contributed by atoms with Crippen molar-refractivity contribution in [3.05, 3.63) is 41.6 Å². The first kappa shape index (κ1) is 11.9. The number of hydrogen-bond acceptors (Lipinski definition) is 4. The van der Waals surface area contributed by atoms with Gasteiger partial charge in [-0.15, -0.1) is 10.2 Å². The lowest BCUT2D eigenvalue weighted by Crippen LogP contribution is -1.94. The van der Waals surface area contributed by atoms with E-state index in [2.05, 4.69) is 15.2 Å². The second-order valence-corrected chi connectivity index (χ2v) is 4.14. The maximum absolute atomic E-state index is 14.0. The summed E-state index contributed by atoms with van der Waals surface area (Å²) in [6, 6.07) is 4.53. The largest absolute Gasteiger partial charge is 0.497 e. The van der Waals surface area contributed by atoms with Gasteiger partial charge in [0.15, 0.2) is 16.6 Å². The summed E-state index contributed by atoms with van der Waals surface area (Å²) in [4.78, 5) is 3.89. The van der Waals surface area contributed by atoms with Gasteiger partial charge in [0.1, 0.15) is 11.6 Å². The first-order valence-corrected chi connectivity index (χ1v) is 5.77. The molecule has 0 saturated heterocycles. The zero-order valence-corrected chi connectivity index (χ0v) is 10.6. The van der Waals surface area contributed by atoms with E-state index >= 15 is 0 Å². The van der Waals surface area contributed by atoms with Crippen LogP contribution in [0.15, 0.2) is 30.6 Å². The molecule has 0 atom stereocenters. The van der Waals surface area contributed by atoms with Crippen LogP contribution in [-0.2, 0) is 0 Å². The van der Waals surface area contributed by atoms with E-state index in [9.17, 15) is 4.39 Å². The highest BCUT2D eigenvalue weighted by Gasteiger charge is 2.14. The van der Waals surface area contributed by atoms with E-state index in [1.165, 1.54) is 19.4 Å². The second kappa shape index (κ2) is 4.47. The number of aromatic nitrogens is 4. The summed E-state index contributed by atoms with van der Waals surface area (Å²) < 4.78 is 20.6. The van der Waals surface area contributed by atoms with Crippen LogP contribution >= 0.6 is 11.6 Å². The van der Waals surface area contributed by atoms with Crippen LogP contribution in [-0.4, -0.2) is 26.7 Å². The first-order chi connectivity index (χ1) is 9.20. The number of ether oxygens (including phenoxy) is 1. The minimum absolute atomic E-state index is 0.218. The monoisotopic (exact) mass is 278 g/mol. The Hall–Kier alpha value is -2.21. The number of halogens is 2. The quantitative estimate of drug-likeness (QED) is 0.723. The van der Waals surface area contributed by atoms with E-state index in [-0.39, 0.29) is 5.15 Å². The van der Waals surface area contributed by atoms with Crippen molar-refractivity contribution in [2.75, 3.05) is 7.11 Å². The molecule has 0 radical (unpaired) electrons. The third kappa shape index (κ3) is 1.90. The van der Waals surface area contributed by atoms with E-state index in [1.807, 2.05) is 0 Å². The molecule has 0 amide bonds. The fourth-order valence-corrected chi connectivity index (χ4v) is 1.97. The SMILES string of the molecule is COc1ccc(-c2nnc3c(Cl)nccn23)c(F)c1. The predicted octanol–water partition coefficient (Wildman–Crippen LogP) is 2.59. The molecule has 1 aromatic carbocycles. The van der Waals surface area contributed by atoms with Gasteiger partial charge in [0.05, 0.1) is 12.7 Å². The molecule has 7 heteroatoms. The highest BCUT2D eigenvalue weighted by atomic mass is 35.5. The van der Waals surface area contributed by atoms with Crippen molar-refractivity contribution in [2.45, 2.75) is 0 Å². The Bertz CT molecular complexity index is 759. The average Bonchev–Trinajstić information content (AvgIpc) is 2.84. The van der Waals surface area contributed by atoms with E-state index in [0.29, 0.717) is 22.8 Å². The van der Waals surface area contributed by atoms with E-state index in [0.717, 1.165) is 0 Å². The third-order valence-corrected chi connectivity index (χ3v) is 2.97. The summed E-state index contributed by atoms with van der Waals surface area (Å²) in [5.74, 6) is 0.357. The Morgan fingerprint density at radius 2 is 2.16 bits per heavy atom. The fourth-order valence-electron chi connectivity index (χ4n) is 1.78. The van der Waals surface area contributed by atoms with Gasteiger partial charge in [0.25, 0.3) is 0 Å². The summed E-state index contributed by atoms with van der Waals surface area (Å²) in [6.07, 6.45) is 3.13. The molecule has 0 N–H and O–H groups in total. The molecular formula is C12H8ClFN4O. The van der Waals surface area contributed by atoms with Crippen LogP contribution in [0, 0.1) is 5.82 Å². The van der Waals surface area contributed by atoms with Crippen molar-refractivity contribution in [3.63, 3.8) is 0 Å². The molecule has 0 fully saturated rings. The summed E-state index contributed by atoms with van der Waals surface area (Å²) in [7, 11) is 1.48. The van der Waals surface area contributed by atoms with Gasteiger partial charge < -0.3 is 4.74 Å². The van der Waals surface area contributed by atoms with Gasteiger partial charge >= 0.3 is 0 Å². The number of rotatable bonds is 2. The maximum atomic E-state index is 14.0. The lowest BCUT2D eigenvalue weighted by molar-refractivity contribution is 0.411. The van der Waals surface area contributed by atoms with Gasteiger partial charge in [0.2, 0.25) is 0 Å². The lowest BCUT2D eigenvalue weighted by atomic mass is 10.2. The molecule has 0 saturated carbocycles. The molecular weight excluding hydrogens is 271 g/mol.